The first-order valence-corrected chi connectivity index (χ1v) is 6.85. The molecule has 0 radical (unpaired) electrons. The van der Waals surface area contributed by atoms with E-state index in [1.807, 2.05) is 36.7 Å². The molecule has 2 heterocycles. The molecule has 1 aromatic carbocycles. The Labute approximate surface area is 119 Å². The summed E-state index contributed by atoms with van der Waals surface area (Å²) in [5, 5.41) is 0. The van der Waals surface area contributed by atoms with Gasteiger partial charge in [-0.2, -0.15) is 0 Å². The third-order valence-corrected chi connectivity index (χ3v) is 3.41. The number of hydrogen-bond acceptors (Lipinski definition) is 2. The molecule has 20 heavy (non-hydrogen) atoms. The molecule has 0 spiro atoms. The first kappa shape index (κ1) is 12.5. The molecule has 0 aliphatic rings. The zero-order chi connectivity index (χ0) is 13.8. The van der Waals surface area contributed by atoms with E-state index in [0.29, 0.717) is 0 Å². The van der Waals surface area contributed by atoms with Crippen LogP contribution in [0, 0.1) is 0 Å². The Morgan fingerprint density at radius 3 is 1.65 bits per heavy atom. The Morgan fingerprint density at radius 2 is 1.25 bits per heavy atom. The largest absolute Gasteiger partial charge is 0.256 e. The van der Waals surface area contributed by atoms with Crippen LogP contribution < -0.4 is 0 Å². The van der Waals surface area contributed by atoms with Gasteiger partial charge in [-0.1, -0.05) is 37.3 Å². The van der Waals surface area contributed by atoms with Crippen LogP contribution in [0.3, 0.4) is 0 Å². The standard InChI is InChI=1S/C18H16N2/c1-2-14-15(17-10-3-5-12-19-17)8-7-9-16(14)18-11-4-6-13-20-18/h3-13H,2H2,1H3. The fourth-order valence-electron chi connectivity index (χ4n) is 2.49. The zero-order valence-corrected chi connectivity index (χ0v) is 11.5. The summed E-state index contributed by atoms with van der Waals surface area (Å²) in [6, 6.07) is 18.4. The number of rotatable bonds is 3. The lowest BCUT2D eigenvalue weighted by atomic mass is 9.94. The minimum atomic E-state index is 0.957. The molecule has 0 unspecified atom stereocenters. The third kappa shape index (κ3) is 2.32. The SMILES string of the molecule is CCc1c(-c2ccccn2)cccc1-c1ccccn1. The molecule has 2 aromatic heterocycles. The summed E-state index contributed by atoms with van der Waals surface area (Å²) >= 11 is 0. The van der Waals surface area contributed by atoms with Gasteiger partial charge in [-0.3, -0.25) is 9.97 Å². The van der Waals surface area contributed by atoms with Crippen LogP contribution in [0.1, 0.15) is 12.5 Å². The quantitative estimate of drug-likeness (QED) is 0.698. The molecule has 2 nitrogen and oxygen atoms in total. The predicted molar refractivity (Wildman–Crippen MR) is 82.3 cm³/mol. The van der Waals surface area contributed by atoms with Crippen molar-refractivity contribution >= 4 is 0 Å². The van der Waals surface area contributed by atoms with E-state index in [9.17, 15) is 0 Å². The molecule has 0 amide bonds. The van der Waals surface area contributed by atoms with Gasteiger partial charge >= 0.3 is 0 Å². The van der Waals surface area contributed by atoms with E-state index >= 15 is 0 Å². The first-order valence-electron chi connectivity index (χ1n) is 6.85. The molecule has 0 atom stereocenters. The molecule has 0 aliphatic heterocycles. The molecule has 98 valence electrons. The Kier molecular flexibility index (Phi) is 3.55. The van der Waals surface area contributed by atoms with Crippen molar-refractivity contribution in [3.8, 4) is 22.5 Å². The number of aromatic nitrogens is 2. The maximum Gasteiger partial charge on any atom is 0.0704 e. The summed E-state index contributed by atoms with van der Waals surface area (Å²) in [7, 11) is 0. The second-order valence-corrected chi connectivity index (χ2v) is 4.62. The van der Waals surface area contributed by atoms with Gasteiger partial charge in [0, 0.05) is 23.5 Å². The van der Waals surface area contributed by atoms with Gasteiger partial charge in [0.2, 0.25) is 0 Å². The summed E-state index contributed by atoms with van der Waals surface area (Å²) in [4.78, 5) is 8.94. The highest BCUT2D eigenvalue weighted by Crippen LogP contribution is 2.30. The Bertz CT molecular complexity index is 633. The minimum Gasteiger partial charge on any atom is -0.256 e. The van der Waals surface area contributed by atoms with Gasteiger partial charge in [0.1, 0.15) is 0 Å². The number of benzene rings is 1. The van der Waals surface area contributed by atoms with E-state index in [4.69, 9.17) is 0 Å². The van der Waals surface area contributed by atoms with Gasteiger partial charge < -0.3 is 0 Å². The van der Waals surface area contributed by atoms with Crippen LogP contribution >= 0.6 is 0 Å². The molecule has 3 aromatic rings. The average molecular weight is 260 g/mol. The van der Waals surface area contributed by atoms with Crippen molar-refractivity contribution < 1.29 is 0 Å². The number of pyridine rings is 2. The lowest BCUT2D eigenvalue weighted by Gasteiger charge is -2.12. The topological polar surface area (TPSA) is 25.8 Å². The molecular weight excluding hydrogens is 244 g/mol. The highest BCUT2D eigenvalue weighted by Gasteiger charge is 2.11. The van der Waals surface area contributed by atoms with Gasteiger partial charge in [-0.05, 0) is 36.2 Å². The fourth-order valence-corrected chi connectivity index (χ4v) is 2.49. The summed E-state index contributed by atoms with van der Waals surface area (Å²) in [5.41, 5.74) is 5.71. The van der Waals surface area contributed by atoms with E-state index < -0.39 is 0 Å². The second kappa shape index (κ2) is 5.66. The first-order chi connectivity index (χ1) is 9.90. The van der Waals surface area contributed by atoms with Crippen LogP contribution in [0.25, 0.3) is 22.5 Å². The van der Waals surface area contributed by atoms with E-state index in [1.165, 1.54) is 16.7 Å². The van der Waals surface area contributed by atoms with Crippen LogP contribution in [-0.4, -0.2) is 9.97 Å². The van der Waals surface area contributed by atoms with Gasteiger partial charge in [0.05, 0.1) is 11.4 Å². The van der Waals surface area contributed by atoms with Crippen LogP contribution in [0.15, 0.2) is 67.0 Å². The molecule has 0 aliphatic carbocycles. The summed E-state index contributed by atoms with van der Waals surface area (Å²) in [5.74, 6) is 0. The molecule has 0 saturated carbocycles. The monoisotopic (exact) mass is 260 g/mol. The number of hydrogen-bond donors (Lipinski definition) is 0. The van der Waals surface area contributed by atoms with Crippen LogP contribution in [0.5, 0.6) is 0 Å². The third-order valence-electron chi connectivity index (χ3n) is 3.41. The smallest absolute Gasteiger partial charge is 0.0704 e. The van der Waals surface area contributed by atoms with Crippen LogP contribution in [0.4, 0.5) is 0 Å². The lowest BCUT2D eigenvalue weighted by molar-refractivity contribution is 1.13. The van der Waals surface area contributed by atoms with Crippen molar-refractivity contribution in [2.45, 2.75) is 13.3 Å². The van der Waals surface area contributed by atoms with E-state index in [0.717, 1.165) is 17.8 Å². The maximum absolute atomic E-state index is 4.47. The molecule has 0 N–H and O–H groups in total. The van der Waals surface area contributed by atoms with Gasteiger partial charge in [0.15, 0.2) is 0 Å². The Balaban J connectivity index is 2.19. The molecule has 3 rings (SSSR count). The fraction of sp³-hybridized carbons (Fsp3) is 0.111. The normalized spacial score (nSPS) is 10.4. The van der Waals surface area contributed by atoms with Crippen molar-refractivity contribution in [3.63, 3.8) is 0 Å². The highest BCUT2D eigenvalue weighted by atomic mass is 14.7. The van der Waals surface area contributed by atoms with Crippen LogP contribution in [-0.2, 0) is 6.42 Å². The van der Waals surface area contributed by atoms with Crippen molar-refractivity contribution in [2.75, 3.05) is 0 Å². The average Bonchev–Trinajstić information content (AvgIpc) is 2.55. The molecule has 0 fully saturated rings. The van der Waals surface area contributed by atoms with Gasteiger partial charge in [-0.25, -0.2) is 0 Å². The second-order valence-electron chi connectivity index (χ2n) is 4.62. The lowest BCUT2D eigenvalue weighted by Crippen LogP contribution is -1.95. The summed E-state index contributed by atoms with van der Waals surface area (Å²) in [6.07, 6.45) is 4.63. The van der Waals surface area contributed by atoms with Crippen molar-refractivity contribution in [3.05, 3.63) is 72.6 Å². The van der Waals surface area contributed by atoms with Gasteiger partial charge in [-0.15, -0.1) is 0 Å². The number of nitrogens with zero attached hydrogens (tertiary/aromatic N) is 2. The molecular formula is C18H16N2. The summed E-state index contributed by atoms with van der Waals surface area (Å²) < 4.78 is 0. The molecule has 2 heteroatoms. The van der Waals surface area contributed by atoms with Crippen molar-refractivity contribution in [2.24, 2.45) is 0 Å². The zero-order valence-electron chi connectivity index (χ0n) is 11.5. The Morgan fingerprint density at radius 1 is 0.700 bits per heavy atom. The predicted octanol–water partition coefficient (Wildman–Crippen LogP) is 4.37. The summed E-state index contributed by atoms with van der Waals surface area (Å²) in [6.45, 7) is 2.17. The van der Waals surface area contributed by atoms with Crippen molar-refractivity contribution in [1.82, 2.24) is 9.97 Å². The minimum absolute atomic E-state index is 0.957. The van der Waals surface area contributed by atoms with E-state index in [2.05, 4.69) is 47.2 Å². The van der Waals surface area contributed by atoms with Crippen LogP contribution in [0.2, 0.25) is 0 Å². The van der Waals surface area contributed by atoms with Gasteiger partial charge in [0.25, 0.3) is 0 Å². The van der Waals surface area contributed by atoms with E-state index in [1.54, 1.807) is 0 Å². The molecule has 0 bridgehead atoms. The maximum atomic E-state index is 4.47. The Hall–Kier alpha value is -2.48. The van der Waals surface area contributed by atoms with Crippen molar-refractivity contribution in [1.29, 1.82) is 0 Å². The molecule has 0 saturated heterocycles. The highest BCUT2D eigenvalue weighted by molar-refractivity contribution is 5.75. The van der Waals surface area contributed by atoms with E-state index in [-0.39, 0.29) is 0 Å².